The fourth-order valence-corrected chi connectivity index (χ4v) is 2.09. The first kappa shape index (κ1) is 12.1. The van der Waals surface area contributed by atoms with Crippen molar-refractivity contribution < 1.29 is 0 Å². The molecule has 0 unspecified atom stereocenters. The Bertz CT molecular complexity index is 612. The lowest BCUT2D eigenvalue weighted by molar-refractivity contribution is 0.963. The highest BCUT2D eigenvalue weighted by Crippen LogP contribution is 2.40. The van der Waals surface area contributed by atoms with E-state index < -0.39 is 0 Å². The van der Waals surface area contributed by atoms with E-state index in [0.717, 1.165) is 16.8 Å². The van der Waals surface area contributed by atoms with Gasteiger partial charge in [-0.05, 0) is 36.6 Å². The van der Waals surface area contributed by atoms with E-state index in [0.29, 0.717) is 16.9 Å². The molecular weight excluding hydrogens is 260 g/mol. The van der Waals surface area contributed by atoms with Gasteiger partial charge in [0, 0.05) is 29.6 Å². The van der Waals surface area contributed by atoms with Gasteiger partial charge in [-0.3, -0.25) is 5.43 Å². The highest BCUT2D eigenvalue weighted by atomic mass is 35.5. The van der Waals surface area contributed by atoms with Crippen LogP contribution in [0.4, 0.5) is 0 Å². The Morgan fingerprint density at radius 2 is 2.16 bits per heavy atom. The van der Waals surface area contributed by atoms with Crippen LogP contribution in [-0.2, 0) is 0 Å². The molecular formula is C14H13ClN4. The Balaban J connectivity index is 2.04. The number of halogens is 1. The van der Waals surface area contributed by atoms with Gasteiger partial charge in [0.2, 0.25) is 0 Å². The minimum absolute atomic E-state index is 0.474. The third-order valence-electron chi connectivity index (χ3n) is 3.05. The van der Waals surface area contributed by atoms with Crippen molar-refractivity contribution in [3.05, 3.63) is 53.2 Å². The van der Waals surface area contributed by atoms with Crippen molar-refractivity contribution in [3.8, 4) is 0 Å². The van der Waals surface area contributed by atoms with Gasteiger partial charge >= 0.3 is 0 Å². The second kappa shape index (κ2) is 4.97. The Hall–Kier alpha value is -1.94. The monoisotopic (exact) mass is 272 g/mol. The number of aromatic nitrogens is 2. The van der Waals surface area contributed by atoms with Crippen molar-refractivity contribution >= 4 is 23.4 Å². The normalized spacial score (nSPS) is 24.7. The molecule has 1 aliphatic carbocycles. The Kier molecular flexibility index (Phi) is 3.17. The smallest absolute Gasteiger partial charge is 0.161 e. The lowest BCUT2D eigenvalue weighted by Crippen LogP contribution is -2.03. The molecule has 1 N–H and O–H groups in total. The molecule has 0 saturated heterocycles. The molecule has 4 nitrogen and oxygen atoms in total. The van der Waals surface area contributed by atoms with Gasteiger partial charge < -0.3 is 0 Å². The van der Waals surface area contributed by atoms with Crippen molar-refractivity contribution in [1.82, 2.24) is 15.4 Å². The molecule has 0 radical (unpaired) electrons. The van der Waals surface area contributed by atoms with Gasteiger partial charge in [0.05, 0.1) is 0 Å². The topological polar surface area (TPSA) is 50.2 Å². The molecule has 2 heterocycles. The molecule has 1 saturated carbocycles. The van der Waals surface area contributed by atoms with Crippen molar-refractivity contribution in [2.75, 3.05) is 0 Å². The number of rotatable bonds is 2. The van der Waals surface area contributed by atoms with Crippen LogP contribution in [0.5, 0.6) is 0 Å². The van der Waals surface area contributed by atoms with E-state index in [1.165, 1.54) is 12.8 Å². The van der Waals surface area contributed by atoms with Crippen LogP contribution in [0.2, 0.25) is 5.15 Å². The molecule has 0 amide bonds. The fourth-order valence-electron chi connectivity index (χ4n) is 1.89. The summed E-state index contributed by atoms with van der Waals surface area (Å²) in [7, 11) is 0. The molecule has 96 valence electrons. The minimum Gasteiger partial charge on any atom is -0.286 e. The van der Waals surface area contributed by atoms with Crippen molar-refractivity contribution in [2.24, 2.45) is 5.10 Å². The van der Waals surface area contributed by atoms with E-state index in [2.05, 4.69) is 27.1 Å². The van der Waals surface area contributed by atoms with E-state index in [4.69, 9.17) is 11.6 Å². The van der Waals surface area contributed by atoms with E-state index >= 15 is 0 Å². The van der Waals surface area contributed by atoms with Crippen molar-refractivity contribution in [2.45, 2.75) is 18.8 Å². The largest absolute Gasteiger partial charge is 0.286 e. The predicted molar refractivity (Wildman–Crippen MR) is 76.9 cm³/mol. The molecule has 5 heteroatoms. The summed E-state index contributed by atoms with van der Waals surface area (Å²) in [5.74, 6) is 1.14. The zero-order valence-corrected chi connectivity index (χ0v) is 11.1. The van der Waals surface area contributed by atoms with E-state index in [1.54, 1.807) is 12.4 Å². The average Bonchev–Trinajstić information content (AvgIpc) is 3.17. The second-order valence-corrected chi connectivity index (χ2v) is 4.95. The van der Waals surface area contributed by atoms with Crippen LogP contribution in [-0.4, -0.2) is 16.2 Å². The second-order valence-electron chi connectivity index (χ2n) is 4.56. The first-order valence-corrected chi connectivity index (χ1v) is 6.51. The molecule has 1 aliphatic heterocycles. The quantitative estimate of drug-likeness (QED) is 0.842. The number of hydrazone groups is 1. The van der Waals surface area contributed by atoms with Crippen LogP contribution in [0, 0.1) is 0 Å². The van der Waals surface area contributed by atoms with Crippen LogP contribution in [0.25, 0.3) is 5.57 Å². The fraction of sp³-hybridized carbons (Fsp3) is 0.214. The summed E-state index contributed by atoms with van der Waals surface area (Å²) in [6.07, 6.45) is 9.41. The van der Waals surface area contributed by atoms with E-state index in [1.807, 2.05) is 18.2 Å². The molecule has 3 rings (SSSR count). The van der Waals surface area contributed by atoms with Gasteiger partial charge in [-0.2, -0.15) is 5.10 Å². The lowest BCUT2D eigenvalue weighted by Gasteiger charge is -2.09. The molecule has 0 atom stereocenters. The number of nitrogens with one attached hydrogen (secondary N) is 1. The van der Waals surface area contributed by atoms with Gasteiger partial charge in [0.1, 0.15) is 5.15 Å². The molecule has 2 aliphatic rings. The molecule has 0 bridgehead atoms. The van der Waals surface area contributed by atoms with Gasteiger partial charge in [0.25, 0.3) is 0 Å². The van der Waals surface area contributed by atoms with E-state index in [9.17, 15) is 0 Å². The number of hydrogen-bond acceptors (Lipinski definition) is 4. The summed E-state index contributed by atoms with van der Waals surface area (Å²) >= 11 is 6.09. The first-order chi connectivity index (χ1) is 9.24. The Labute approximate surface area is 116 Å². The minimum atomic E-state index is 0.474. The third-order valence-corrected chi connectivity index (χ3v) is 3.24. The van der Waals surface area contributed by atoms with Crippen molar-refractivity contribution in [1.29, 1.82) is 0 Å². The number of nitrogens with zero attached hydrogens (tertiary/aromatic N) is 3. The molecule has 1 aromatic rings. The first-order valence-electron chi connectivity index (χ1n) is 6.13. The summed E-state index contributed by atoms with van der Waals surface area (Å²) in [4.78, 5) is 8.90. The zero-order chi connectivity index (χ0) is 13.2. The average molecular weight is 273 g/mol. The van der Waals surface area contributed by atoms with Gasteiger partial charge in [-0.15, -0.1) is 0 Å². The van der Waals surface area contributed by atoms with Crippen LogP contribution in [0.1, 0.15) is 30.3 Å². The van der Waals surface area contributed by atoms with Crippen molar-refractivity contribution in [3.63, 3.8) is 0 Å². The maximum absolute atomic E-state index is 6.09. The van der Waals surface area contributed by atoms with Gasteiger partial charge in [-0.25, -0.2) is 9.97 Å². The van der Waals surface area contributed by atoms with Crippen LogP contribution in [0.15, 0.2) is 41.7 Å². The lowest BCUT2D eigenvalue weighted by atomic mass is 10.1. The van der Waals surface area contributed by atoms with Crippen LogP contribution >= 0.6 is 11.6 Å². The summed E-state index contributed by atoms with van der Waals surface area (Å²) in [5, 5.41) is 4.44. The number of allylic oxidation sites excluding steroid dienone is 4. The summed E-state index contributed by atoms with van der Waals surface area (Å²) < 4.78 is 0. The highest BCUT2D eigenvalue weighted by Gasteiger charge is 2.26. The summed E-state index contributed by atoms with van der Waals surface area (Å²) in [6.45, 7) is 4.01. The summed E-state index contributed by atoms with van der Waals surface area (Å²) in [5.41, 5.74) is 5.44. The standard InChI is InChI=1S/C14H13ClN4/c1-9-4-6-16-17-7-5-11(9)14-18-12(10-2-3-10)8-13(15)19-14/h4-8,10,16H,1-3H2/b6-4-,11-5+,17-7-. The van der Waals surface area contributed by atoms with E-state index in [-0.39, 0.29) is 0 Å². The summed E-state index contributed by atoms with van der Waals surface area (Å²) in [6, 6.07) is 1.85. The maximum Gasteiger partial charge on any atom is 0.161 e. The molecule has 0 spiro atoms. The maximum atomic E-state index is 6.09. The molecule has 19 heavy (non-hydrogen) atoms. The van der Waals surface area contributed by atoms with Crippen LogP contribution < -0.4 is 5.43 Å². The van der Waals surface area contributed by atoms with Gasteiger partial charge in [-0.1, -0.05) is 18.2 Å². The molecule has 1 fully saturated rings. The van der Waals surface area contributed by atoms with Crippen LogP contribution in [0.3, 0.4) is 0 Å². The third kappa shape index (κ3) is 2.74. The Morgan fingerprint density at radius 3 is 2.95 bits per heavy atom. The zero-order valence-electron chi connectivity index (χ0n) is 10.3. The van der Waals surface area contributed by atoms with Gasteiger partial charge in [0.15, 0.2) is 5.82 Å². The number of hydrogen-bond donors (Lipinski definition) is 1. The highest BCUT2D eigenvalue weighted by molar-refractivity contribution is 6.29. The molecule has 1 aromatic heterocycles. The molecule has 0 aromatic carbocycles. The Morgan fingerprint density at radius 1 is 1.32 bits per heavy atom. The SMILES string of the molecule is C=C1/C=C\N/N=C\C=C/1c1nc(Cl)cc(C2CC2)n1. The predicted octanol–water partition coefficient (Wildman–Crippen LogP) is 3.05.